The summed E-state index contributed by atoms with van der Waals surface area (Å²) in [5, 5.41) is 0. The topological polar surface area (TPSA) is 68.6 Å². The van der Waals surface area contributed by atoms with Crippen LogP contribution >= 0.6 is 0 Å². The van der Waals surface area contributed by atoms with Gasteiger partial charge in [0.15, 0.2) is 0 Å². The first-order chi connectivity index (χ1) is 12.3. The van der Waals surface area contributed by atoms with E-state index < -0.39 is 10.0 Å². The van der Waals surface area contributed by atoms with Gasteiger partial charge in [-0.05, 0) is 37.1 Å². The molecule has 0 spiro atoms. The molecule has 0 aliphatic rings. The number of nitrogens with zero attached hydrogens (tertiary/aromatic N) is 2. The van der Waals surface area contributed by atoms with E-state index in [9.17, 15) is 13.2 Å². The average Bonchev–Trinajstić information content (AvgIpc) is 2.60. The molecule has 0 atom stereocenters. The number of aromatic nitrogens is 1. The smallest absolute Gasteiger partial charge is 0.250 e. The molecule has 0 aliphatic heterocycles. The third kappa shape index (κ3) is 4.53. The molecule has 1 aromatic carbocycles. The van der Waals surface area contributed by atoms with E-state index in [-0.39, 0.29) is 23.6 Å². The quantitative estimate of drug-likeness (QED) is 0.708. The zero-order valence-corrected chi connectivity index (χ0v) is 16.5. The van der Waals surface area contributed by atoms with Crippen LogP contribution in [0.5, 0.6) is 5.75 Å². The second kappa shape index (κ2) is 8.51. The lowest BCUT2D eigenvalue weighted by atomic mass is 10.1. The highest BCUT2D eigenvalue weighted by molar-refractivity contribution is 7.89. The van der Waals surface area contributed by atoms with Gasteiger partial charge in [0.1, 0.15) is 12.4 Å². The van der Waals surface area contributed by atoms with Crippen molar-refractivity contribution in [3.05, 3.63) is 58.0 Å². The van der Waals surface area contributed by atoms with Crippen molar-refractivity contribution in [1.29, 1.82) is 0 Å². The standard InChI is InChI=1S/C19H26N2O4S/c1-5-21(6-2)26(23,24)17-9-10-19(22)20(14-17)11-12-25-18-13-15(3)7-8-16(18)4/h7-10,13-14H,5-6,11-12H2,1-4H3. The fraction of sp³-hybridized carbons (Fsp3) is 0.421. The minimum atomic E-state index is -3.60. The van der Waals surface area contributed by atoms with E-state index in [1.807, 2.05) is 32.0 Å². The Kier molecular flexibility index (Phi) is 6.61. The van der Waals surface area contributed by atoms with E-state index in [0.717, 1.165) is 16.9 Å². The first-order valence-corrected chi connectivity index (χ1v) is 10.1. The van der Waals surface area contributed by atoms with E-state index in [1.54, 1.807) is 13.8 Å². The Morgan fingerprint density at radius 2 is 1.77 bits per heavy atom. The molecular weight excluding hydrogens is 352 g/mol. The zero-order chi connectivity index (χ0) is 19.3. The average molecular weight is 378 g/mol. The Bertz CT molecular complexity index is 915. The number of aryl methyl sites for hydroxylation is 2. The van der Waals surface area contributed by atoms with E-state index in [1.165, 1.54) is 27.2 Å². The molecule has 6 nitrogen and oxygen atoms in total. The third-order valence-electron chi connectivity index (χ3n) is 4.23. The molecule has 1 heterocycles. The van der Waals surface area contributed by atoms with Gasteiger partial charge in [-0.15, -0.1) is 0 Å². The molecule has 0 saturated heterocycles. The Labute approximate surface area is 155 Å². The fourth-order valence-corrected chi connectivity index (χ4v) is 4.14. The van der Waals surface area contributed by atoms with Crippen LogP contribution in [0, 0.1) is 13.8 Å². The maximum Gasteiger partial charge on any atom is 0.250 e. The van der Waals surface area contributed by atoms with Crippen molar-refractivity contribution in [3.8, 4) is 5.75 Å². The van der Waals surface area contributed by atoms with Crippen molar-refractivity contribution in [2.75, 3.05) is 19.7 Å². The van der Waals surface area contributed by atoms with Gasteiger partial charge in [0.25, 0.3) is 5.56 Å². The summed E-state index contributed by atoms with van der Waals surface area (Å²) in [6.07, 6.45) is 1.39. The molecule has 2 aromatic rings. The van der Waals surface area contributed by atoms with Crippen LogP contribution in [-0.2, 0) is 16.6 Å². The zero-order valence-electron chi connectivity index (χ0n) is 15.7. The Morgan fingerprint density at radius 3 is 2.42 bits per heavy atom. The summed E-state index contributed by atoms with van der Waals surface area (Å²) < 4.78 is 33.7. The summed E-state index contributed by atoms with van der Waals surface area (Å²) >= 11 is 0. The van der Waals surface area contributed by atoms with Crippen LogP contribution < -0.4 is 10.3 Å². The second-order valence-electron chi connectivity index (χ2n) is 6.10. The molecule has 7 heteroatoms. The first-order valence-electron chi connectivity index (χ1n) is 8.70. The van der Waals surface area contributed by atoms with E-state index in [2.05, 4.69) is 0 Å². The highest BCUT2D eigenvalue weighted by Crippen LogP contribution is 2.19. The molecule has 0 amide bonds. The fourth-order valence-electron chi connectivity index (χ4n) is 2.67. The molecule has 0 unspecified atom stereocenters. The number of sulfonamides is 1. The summed E-state index contributed by atoms with van der Waals surface area (Å²) in [4.78, 5) is 12.2. The van der Waals surface area contributed by atoms with Gasteiger partial charge in [-0.25, -0.2) is 8.42 Å². The summed E-state index contributed by atoms with van der Waals surface area (Å²) in [5.74, 6) is 0.768. The maximum absolute atomic E-state index is 12.6. The van der Waals surface area contributed by atoms with Crippen LogP contribution in [0.1, 0.15) is 25.0 Å². The predicted octanol–water partition coefficient (Wildman–Crippen LogP) is 2.57. The van der Waals surface area contributed by atoms with Crippen LogP contribution in [0.25, 0.3) is 0 Å². The number of hydrogen-bond donors (Lipinski definition) is 0. The van der Waals surface area contributed by atoms with Gasteiger partial charge in [0.2, 0.25) is 10.0 Å². The van der Waals surface area contributed by atoms with Crippen molar-refractivity contribution >= 4 is 10.0 Å². The van der Waals surface area contributed by atoms with Crippen molar-refractivity contribution in [3.63, 3.8) is 0 Å². The van der Waals surface area contributed by atoms with E-state index >= 15 is 0 Å². The largest absolute Gasteiger partial charge is 0.491 e. The Balaban J connectivity index is 2.18. The third-order valence-corrected chi connectivity index (χ3v) is 6.27. The lowest BCUT2D eigenvalue weighted by molar-refractivity contribution is 0.294. The van der Waals surface area contributed by atoms with Crippen LogP contribution in [0.2, 0.25) is 0 Å². The number of benzene rings is 1. The van der Waals surface area contributed by atoms with Crippen molar-refractivity contribution in [1.82, 2.24) is 8.87 Å². The highest BCUT2D eigenvalue weighted by Gasteiger charge is 2.22. The summed E-state index contributed by atoms with van der Waals surface area (Å²) in [5.41, 5.74) is 1.85. The minimum Gasteiger partial charge on any atom is -0.491 e. The highest BCUT2D eigenvalue weighted by atomic mass is 32.2. The molecule has 1 aromatic heterocycles. The number of pyridine rings is 1. The van der Waals surface area contributed by atoms with E-state index in [0.29, 0.717) is 13.1 Å². The number of hydrogen-bond acceptors (Lipinski definition) is 4. The monoisotopic (exact) mass is 378 g/mol. The maximum atomic E-state index is 12.6. The van der Waals surface area contributed by atoms with Crippen molar-refractivity contribution < 1.29 is 13.2 Å². The summed E-state index contributed by atoms with van der Waals surface area (Å²) in [6.45, 7) is 8.83. The van der Waals surface area contributed by atoms with Gasteiger partial charge >= 0.3 is 0 Å². The Hall–Kier alpha value is -2.12. The summed E-state index contributed by atoms with van der Waals surface area (Å²) in [6, 6.07) is 8.58. The van der Waals surface area contributed by atoms with Crippen LogP contribution in [-0.4, -0.2) is 37.0 Å². The molecule has 0 aliphatic carbocycles. The molecule has 142 valence electrons. The van der Waals surface area contributed by atoms with E-state index in [4.69, 9.17) is 4.74 Å². The lowest BCUT2D eigenvalue weighted by Crippen LogP contribution is -2.32. The van der Waals surface area contributed by atoms with Crippen LogP contribution in [0.15, 0.2) is 46.2 Å². The SMILES string of the molecule is CCN(CC)S(=O)(=O)c1ccc(=O)n(CCOc2cc(C)ccc2C)c1. The van der Waals surface area contributed by atoms with Gasteiger partial charge < -0.3 is 9.30 Å². The predicted molar refractivity (Wildman–Crippen MR) is 102 cm³/mol. The number of ether oxygens (including phenoxy) is 1. The second-order valence-corrected chi connectivity index (χ2v) is 8.04. The molecule has 0 N–H and O–H groups in total. The Morgan fingerprint density at radius 1 is 1.08 bits per heavy atom. The molecule has 0 radical (unpaired) electrons. The van der Waals surface area contributed by atoms with Crippen LogP contribution in [0.4, 0.5) is 0 Å². The number of rotatable bonds is 8. The van der Waals surface area contributed by atoms with Gasteiger partial charge in [0.05, 0.1) is 11.4 Å². The normalized spacial score (nSPS) is 11.7. The van der Waals surface area contributed by atoms with Gasteiger partial charge in [-0.1, -0.05) is 26.0 Å². The molecule has 2 rings (SSSR count). The van der Waals surface area contributed by atoms with Crippen LogP contribution in [0.3, 0.4) is 0 Å². The van der Waals surface area contributed by atoms with Gasteiger partial charge in [-0.2, -0.15) is 4.31 Å². The summed E-state index contributed by atoms with van der Waals surface area (Å²) in [7, 11) is -3.60. The first kappa shape index (κ1) is 20.2. The molecule has 0 fully saturated rings. The minimum absolute atomic E-state index is 0.118. The molecular formula is C19H26N2O4S. The van der Waals surface area contributed by atoms with Gasteiger partial charge in [-0.3, -0.25) is 4.79 Å². The lowest BCUT2D eigenvalue weighted by Gasteiger charge is -2.19. The molecule has 26 heavy (non-hydrogen) atoms. The molecule has 0 bridgehead atoms. The van der Waals surface area contributed by atoms with Gasteiger partial charge in [0, 0.05) is 25.4 Å². The molecule has 0 saturated carbocycles. The van der Waals surface area contributed by atoms with Crippen molar-refractivity contribution in [2.24, 2.45) is 0 Å². The van der Waals surface area contributed by atoms with Crippen molar-refractivity contribution in [2.45, 2.75) is 39.1 Å².